The number of thiophene rings is 1. The van der Waals surface area contributed by atoms with Gasteiger partial charge in [-0.05, 0) is 49.2 Å². The lowest BCUT2D eigenvalue weighted by atomic mass is 10.1. The molecule has 1 aliphatic rings. The summed E-state index contributed by atoms with van der Waals surface area (Å²) in [4.78, 5) is 23.2. The van der Waals surface area contributed by atoms with Gasteiger partial charge in [-0.3, -0.25) is 14.3 Å². The van der Waals surface area contributed by atoms with Gasteiger partial charge in [-0.15, -0.1) is 11.3 Å². The van der Waals surface area contributed by atoms with E-state index < -0.39 is 0 Å². The van der Waals surface area contributed by atoms with E-state index in [4.69, 9.17) is 9.72 Å². The van der Waals surface area contributed by atoms with Gasteiger partial charge < -0.3 is 4.74 Å². The Morgan fingerprint density at radius 2 is 2.04 bits per heavy atom. The number of likely N-dealkylation sites (N-methyl/N-ethyl adjacent to an activating group) is 1. The molecule has 1 aliphatic heterocycles. The molecule has 3 heterocycles. The van der Waals surface area contributed by atoms with E-state index in [9.17, 15) is 4.79 Å². The zero-order valence-corrected chi connectivity index (χ0v) is 18.2. The Labute approximate surface area is 173 Å². The maximum Gasteiger partial charge on any atom is 0.267 e. The number of aromatic nitrogens is 2. The molecule has 1 aromatic carbocycles. The predicted octanol–water partition coefficient (Wildman–Crippen LogP) is 4.34. The third-order valence-electron chi connectivity index (χ3n) is 5.14. The van der Waals surface area contributed by atoms with Gasteiger partial charge in [0, 0.05) is 23.7 Å². The summed E-state index contributed by atoms with van der Waals surface area (Å²) in [6.45, 7) is 7.29. The number of ether oxygens (including phenoxy) is 1. The highest BCUT2D eigenvalue weighted by Gasteiger charge is 2.25. The van der Waals surface area contributed by atoms with Crippen LogP contribution in [0.4, 0.5) is 0 Å². The van der Waals surface area contributed by atoms with Gasteiger partial charge >= 0.3 is 0 Å². The smallest absolute Gasteiger partial charge is 0.267 e. The molecule has 0 saturated heterocycles. The first-order valence-electron chi connectivity index (χ1n) is 9.73. The van der Waals surface area contributed by atoms with Gasteiger partial charge in [0.2, 0.25) is 0 Å². The molecule has 7 heteroatoms. The summed E-state index contributed by atoms with van der Waals surface area (Å²) < 4.78 is 7.05. The van der Waals surface area contributed by atoms with Gasteiger partial charge in [-0.2, -0.15) is 0 Å². The summed E-state index contributed by atoms with van der Waals surface area (Å²) in [5.41, 5.74) is 2.09. The highest BCUT2D eigenvalue weighted by molar-refractivity contribution is 7.99. The van der Waals surface area contributed by atoms with Crippen molar-refractivity contribution < 1.29 is 4.74 Å². The van der Waals surface area contributed by atoms with Crippen LogP contribution in [0.1, 0.15) is 30.7 Å². The molecule has 0 atom stereocenters. The van der Waals surface area contributed by atoms with Crippen molar-refractivity contribution in [2.75, 3.05) is 26.0 Å². The molecule has 0 amide bonds. The highest BCUT2D eigenvalue weighted by Crippen LogP contribution is 2.34. The van der Waals surface area contributed by atoms with Crippen LogP contribution in [0.5, 0.6) is 5.75 Å². The molecule has 2 aromatic heterocycles. The molecule has 0 unspecified atom stereocenters. The zero-order chi connectivity index (χ0) is 19.7. The fourth-order valence-electron chi connectivity index (χ4n) is 3.60. The van der Waals surface area contributed by atoms with Crippen LogP contribution in [0.25, 0.3) is 15.9 Å². The molecule has 0 radical (unpaired) electrons. The standard InChI is InChI=1S/C21H25N3O2S2/c1-4-12-27-21-22-19-18(16-10-11-23(5-2)13-17(16)28-19)20(25)24(21)14-6-8-15(26-3)9-7-14/h6-9H,4-5,10-13H2,1-3H3. The first-order chi connectivity index (χ1) is 13.7. The van der Waals surface area contributed by atoms with Crippen molar-refractivity contribution in [3.8, 4) is 11.4 Å². The van der Waals surface area contributed by atoms with E-state index in [2.05, 4.69) is 18.7 Å². The van der Waals surface area contributed by atoms with E-state index >= 15 is 0 Å². The average molecular weight is 416 g/mol. The molecule has 5 nitrogen and oxygen atoms in total. The predicted molar refractivity (Wildman–Crippen MR) is 117 cm³/mol. The Bertz CT molecular complexity index is 1040. The fourth-order valence-corrected chi connectivity index (χ4v) is 5.77. The molecule has 0 N–H and O–H groups in total. The number of thioether (sulfide) groups is 1. The van der Waals surface area contributed by atoms with E-state index in [1.54, 1.807) is 34.8 Å². The summed E-state index contributed by atoms with van der Waals surface area (Å²) in [5, 5.41) is 1.59. The molecular weight excluding hydrogens is 390 g/mol. The van der Waals surface area contributed by atoms with Crippen molar-refractivity contribution in [1.82, 2.24) is 14.5 Å². The van der Waals surface area contributed by atoms with Gasteiger partial charge in [0.05, 0.1) is 18.2 Å². The van der Waals surface area contributed by atoms with Gasteiger partial charge in [0.15, 0.2) is 5.16 Å². The van der Waals surface area contributed by atoms with Crippen LogP contribution < -0.4 is 10.3 Å². The monoisotopic (exact) mass is 415 g/mol. The average Bonchev–Trinajstić information content (AvgIpc) is 3.10. The van der Waals surface area contributed by atoms with E-state index in [-0.39, 0.29) is 5.56 Å². The van der Waals surface area contributed by atoms with E-state index in [0.29, 0.717) is 0 Å². The van der Waals surface area contributed by atoms with Gasteiger partial charge in [0.25, 0.3) is 5.56 Å². The molecule has 3 aromatic rings. The first kappa shape index (κ1) is 19.5. The summed E-state index contributed by atoms with van der Waals surface area (Å²) in [6.07, 6.45) is 1.96. The highest BCUT2D eigenvalue weighted by atomic mass is 32.2. The van der Waals surface area contributed by atoms with Crippen LogP contribution in [0, 0.1) is 0 Å². The lowest BCUT2D eigenvalue weighted by Crippen LogP contribution is -2.30. The molecule has 0 aliphatic carbocycles. The molecule has 148 valence electrons. The Morgan fingerprint density at radius 3 is 2.71 bits per heavy atom. The Hall–Kier alpha value is -1.83. The molecular formula is C21H25N3O2S2. The third-order valence-corrected chi connectivity index (χ3v) is 7.39. The van der Waals surface area contributed by atoms with Crippen LogP contribution in [0.2, 0.25) is 0 Å². The summed E-state index contributed by atoms with van der Waals surface area (Å²) in [7, 11) is 1.65. The van der Waals surface area contributed by atoms with Crippen LogP contribution in [0.15, 0.2) is 34.2 Å². The van der Waals surface area contributed by atoms with Crippen molar-refractivity contribution in [2.45, 2.75) is 38.4 Å². The summed E-state index contributed by atoms with van der Waals surface area (Å²) in [5.74, 6) is 1.71. The quantitative estimate of drug-likeness (QED) is 0.443. The summed E-state index contributed by atoms with van der Waals surface area (Å²) in [6, 6.07) is 7.65. The van der Waals surface area contributed by atoms with Crippen LogP contribution in [-0.4, -0.2) is 40.4 Å². The number of hydrogen-bond acceptors (Lipinski definition) is 6. The summed E-state index contributed by atoms with van der Waals surface area (Å²) >= 11 is 3.34. The second kappa shape index (κ2) is 8.27. The number of rotatable bonds is 6. The van der Waals surface area contributed by atoms with Crippen molar-refractivity contribution in [3.63, 3.8) is 0 Å². The minimum atomic E-state index is 0.0521. The lowest BCUT2D eigenvalue weighted by Gasteiger charge is -2.25. The Balaban J connectivity index is 1.90. The number of nitrogens with zero attached hydrogens (tertiary/aromatic N) is 3. The van der Waals surface area contributed by atoms with E-state index in [1.165, 1.54) is 10.4 Å². The molecule has 0 saturated carbocycles. The van der Waals surface area contributed by atoms with Gasteiger partial charge in [-0.1, -0.05) is 25.6 Å². The van der Waals surface area contributed by atoms with Crippen LogP contribution >= 0.6 is 23.1 Å². The molecule has 0 spiro atoms. The molecule has 28 heavy (non-hydrogen) atoms. The third kappa shape index (κ3) is 3.47. The van der Waals surface area contributed by atoms with Crippen LogP contribution in [0.3, 0.4) is 0 Å². The lowest BCUT2D eigenvalue weighted by molar-refractivity contribution is 0.272. The fraction of sp³-hybridized carbons (Fsp3) is 0.429. The molecule has 0 bridgehead atoms. The second-order valence-corrected chi connectivity index (χ2v) is 9.03. The number of benzene rings is 1. The number of hydrogen-bond donors (Lipinski definition) is 0. The number of methoxy groups -OCH3 is 1. The van der Waals surface area contributed by atoms with Crippen LogP contribution in [-0.2, 0) is 13.0 Å². The largest absolute Gasteiger partial charge is 0.497 e. The maximum atomic E-state index is 13.6. The number of fused-ring (bicyclic) bond motifs is 3. The van der Waals surface area contributed by atoms with E-state index in [0.717, 1.165) is 65.0 Å². The SMILES string of the molecule is CCCSc1nc2sc3c(c2c(=O)n1-c1ccc(OC)cc1)CCN(CC)C3. The Kier molecular flexibility index (Phi) is 5.75. The minimum absolute atomic E-state index is 0.0521. The minimum Gasteiger partial charge on any atom is -0.497 e. The maximum absolute atomic E-state index is 13.6. The molecule has 0 fully saturated rings. The van der Waals surface area contributed by atoms with Gasteiger partial charge in [0.1, 0.15) is 10.6 Å². The Morgan fingerprint density at radius 1 is 1.25 bits per heavy atom. The topological polar surface area (TPSA) is 47.4 Å². The molecule has 4 rings (SSSR count). The van der Waals surface area contributed by atoms with Crippen molar-refractivity contribution in [2.24, 2.45) is 0 Å². The van der Waals surface area contributed by atoms with E-state index in [1.807, 2.05) is 24.3 Å². The zero-order valence-electron chi connectivity index (χ0n) is 16.5. The van der Waals surface area contributed by atoms with Crippen molar-refractivity contribution in [1.29, 1.82) is 0 Å². The first-order valence-corrected chi connectivity index (χ1v) is 11.5. The van der Waals surface area contributed by atoms with Crippen molar-refractivity contribution in [3.05, 3.63) is 45.1 Å². The normalized spacial score (nSPS) is 14.4. The van der Waals surface area contributed by atoms with Gasteiger partial charge in [-0.25, -0.2) is 4.98 Å². The van der Waals surface area contributed by atoms with Crippen molar-refractivity contribution >= 4 is 33.3 Å². The second-order valence-electron chi connectivity index (χ2n) is 6.88.